The molecular weight excluding hydrogens is 236 g/mol. The molecule has 0 fully saturated rings. The molecule has 0 saturated heterocycles. The first-order valence-corrected chi connectivity index (χ1v) is 5.96. The quantitative estimate of drug-likeness (QED) is 0.473. The molecule has 0 spiro atoms. The average Bonchev–Trinajstić information content (AvgIpc) is 2.32. The van der Waals surface area contributed by atoms with E-state index in [4.69, 9.17) is 10.2 Å². The van der Waals surface area contributed by atoms with Gasteiger partial charge in [-0.05, 0) is 19.3 Å². The van der Waals surface area contributed by atoms with Gasteiger partial charge in [0.1, 0.15) is 6.54 Å². The van der Waals surface area contributed by atoms with E-state index in [1.165, 1.54) is 15.9 Å². The van der Waals surface area contributed by atoms with Crippen LogP contribution in [0.25, 0.3) is 0 Å². The SMILES string of the molecule is C=CCN(CC(=O)O)C(=O)N(C)CCCCCO. The van der Waals surface area contributed by atoms with Gasteiger partial charge in [0.15, 0.2) is 0 Å². The van der Waals surface area contributed by atoms with Crippen molar-refractivity contribution >= 4 is 12.0 Å². The molecule has 0 aliphatic heterocycles. The molecule has 0 saturated carbocycles. The van der Waals surface area contributed by atoms with Gasteiger partial charge in [0.2, 0.25) is 0 Å². The number of carboxylic acids is 1. The van der Waals surface area contributed by atoms with Crippen molar-refractivity contribution in [3.63, 3.8) is 0 Å². The molecule has 2 amide bonds. The Hall–Kier alpha value is -1.56. The lowest BCUT2D eigenvalue weighted by atomic mass is 10.2. The smallest absolute Gasteiger partial charge is 0.323 e. The highest BCUT2D eigenvalue weighted by Gasteiger charge is 2.18. The number of aliphatic hydroxyl groups is 1. The van der Waals surface area contributed by atoms with E-state index in [0.29, 0.717) is 13.0 Å². The lowest BCUT2D eigenvalue weighted by molar-refractivity contribution is -0.137. The van der Waals surface area contributed by atoms with E-state index in [1.807, 2.05) is 0 Å². The van der Waals surface area contributed by atoms with E-state index in [9.17, 15) is 9.59 Å². The summed E-state index contributed by atoms with van der Waals surface area (Å²) >= 11 is 0. The summed E-state index contributed by atoms with van der Waals surface area (Å²) in [5, 5.41) is 17.3. The number of nitrogens with zero attached hydrogens (tertiary/aromatic N) is 2. The highest BCUT2D eigenvalue weighted by atomic mass is 16.4. The number of aliphatic carboxylic acids is 1. The molecule has 0 aromatic heterocycles. The number of carbonyl (C=O) groups excluding carboxylic acids is 1. The Morgan fingerprint density at radius 2 is 1.94 bits per heavy atom. The third-order valence-corrected chi connectivity index (χ3v) is 2.42. The Morgan fingerprint density at radius 3 is 2.44 bits per heavy atom. The molecule has 0 rings (SSSR count). The van der Waals surface area contributed by atoms with Gasteiger partial charge in [-0.25, -0.2) is 4.79 Å². The number of unbranched alkanes of at least 4 members (excludes halogenated alkanes) is 2. The third-order valence-electron chi connectivity index (χ3n) is 2.42. The largest absolute Gasteiger partial charge is 0.480 e. The van der Waals surface area contributed by atoms with Crippen LogP contribution in [0.5, 0.6) is 0 Å². The average molecular weight is 258 g/mol. The Balaban J connectivity index is 4.19. The van der Waals surface area contributed by atoms with Crippen molar-refractivity contribution in [1.82, 2.24) is 9.80 Å². The third kappa shape index (κ3) is 6.90. The second kappa shape index (κ2) is 9.47. The van der Waals surface area contributed by atoms with Gasteiger partial charge in [0.25, 0.3) is 0 Å². The number of carbonyl (C=O) groups is 2. The number of urea groups is 1. The van der Waals surface area contributed by atoms with Crippen LogP contribution >= 0.6 is 0 Å². The van der Waals surface area contributed by atoms with Gasteiger partial charge in [0, 0.05) is 26.7 Å². The van der Waals surface area contributed by atoms with Gasteiger partial charge in [-0.1, -0.05) is 6.08 Å². The summed E-state index contributed by atoms with van der Waals surface area (Å²) in [5.41, 5.74) is 0. The summed E-state index contributed by atoms with van der Waals surface area (Å²) in [4.78, 5) is 25.3. The fourth-order valence-electron chi connectivity index (χ4n) is 1.50. The van der Waals surface area contributed by atoms with Crippen LogP contribution in [0, 0.1) is 0 Å². The van der Waals surface area contributed by atoms with Crippen molar-refractivity contribution in [2.45, 2.75) is 19.3 Å². The molecule has 0 heterocycles. The van der Waals surface area contributed by atoms with Crippen molar-refractivity contribution in [2.24, 2.45) is 0 Å². The fraction of sp³-hybridized carbons (Fsp3) is 0.667. The first-order chi connectivity index (χ1) is 8.52. The first kappa shape index (κ1) is 16.4. The van der Waals surface area contributed by atoms with E-state index in [1.54, 1.807) is 7.05 Å². The van der Waals surface area contributed by atoms with Crippen molar-refractivity contribution in [3.8, 4) is 0 Å². The van der Waals surface area contributed by atoms with Crippen molar-refractivity contribution in [1.29, 1.82) is 0 Å². The topological polar surface area (TPSA) is 81.1 Å². The molecule has 18 heavy (non-hydrogen) atoms. The molecular formula is C12H22N2O4. The zero-order valence-electron chi connectivity index (χ0n) is 10.8. The fourth-order valence-corrected chi connectivity index (χ4v) is 1.50. The van der Waals surface area contributed by atoms with Crippen molar-refractivity contribution < 1.29 is 19.8 Å². The Bertz CT molecular complexity index is 281. The summed E-state index contributed by atoms with van der Waals surface area (Å²) in [7, 11) is 1.64. The molecule has 0 unspecified atom stereocenters. The van der Waals surface area contributed by atoms with Gasteiger partial charge in [-0.15, -0.1) is 6.58 Å². The highest BCUT2D eigenvalue weighted by Crippen LogP contribution is 2.01. The van der Waals surface area contributed by atoms with Gasteiger partial charge >= 0.3 is 12.0 Å². The number of aliphatic hydroxyl groups excluding tert-OH is 1. The van der Waals surface area contributed by atoms with Crippen LogP contribution in [0.4, 0.5) is 4.79 Å². The zero-order valence-corrected chi connectivity index (χ0v) is 10.8. The van der Waals surface area contributed by atoms with Crippen LogP contribution in [0.3, 0.4) is 0 Å². The Morgan fingerprint density at radius 1 is 1.28 bits per heavy atom. The van der Waals surface area contributed by atoms with Crippen LogP contribution in [0.15, 0.2) is 12.7 Å². The molecule has 0 aromatic rings. The molecule has 2 N–H and O–H groups in total. The summed E-state index contributed by atoms with van der Waals surface area (Å²) in [6, 6.07) is -0.318. The predicted octanol–water partition coefficient (Wildman–Crippen LogP) is 0.773. The van der Waals surface area contributed by atoms with Crippen LogP contribution in [0.2, 0.25) is 0 Å². The van der Waals surface area contributed by atoms with Crippen molar-refractivity contribution in [3.05, 3.63) is 12.7 Å². The number of hydrogen-bond acceptors (Lipinski definition) is 3. The van der Waals surface area contributed by atoms with Crippen LogP contribution in [0.1, 0.15) is 19.3 Å². The van der Waals surface area contributed by atoms with Gasteiger partial charge in [-0.3, -0.25) is 4.79 Å². The Labute approximate surface area is 107 Å². The molecule has 0 atom stereocenters. The minimum atomic E-state index is -1.04. The lowest BCUT2D eigenvalue weighted by Gasteiger charge is -2.26. The number of rotatable bonds is 9. The normalized spacial score (nSPS) is 9.89. The summed E-state index contributed by atoms with van der Waals surface area (Å²) in [6.07, 6.45) is 3.85. The Kier molecular flexibility index (Phi) is 8.65. The van der Waals surface area contributed by atoms with Gasteiger partial charge in [0.05, 0.1) is 0 Å². The summed E-state index contributed by atoms with van der Waals surface area (Å²) in [5.74, 6) is -1.04. The molecule has 0 radical (unpaired) electrons. The minimum Gasteiger partial charge on any atom is -0.480 e. The second-order valence-corrected chi connectivity index (χ2v) is 4.05. The summed E-state index contributed by atoms with van der Waals surface area (Å²) in [6.45, 7) is 4.09. The van der Waals surface area contributed by atoms with Gasteiger partial charge in [-0.2, -0.15) is 0 Å². The second-order valence-electron chi connectivity index (χ2n) is 4.05. The molecule has 0 aliphatic carbocycles. The summed E-state index contributed by atoms with van der Waals surface area (Å²) < 4.78 is 0. The molecule has 104 valence electrons. The standard InChI is InChI=1S/C12H22N2O4/c1-3-7-14(10-11(16)17)12(18)13(2)8-5-4-6-9-15/h3,15H,1,4-10H2,2H3,(H,16,17). The zero-order chi connectivity index (χ0) is 14.0. The minimum absolute atomic E-state index is 0.152. The monoisotopic (exact) mass is 258 g/mol. The van der Waals surface area contributed by atoms with E-state index in [-0.39, 0.29) is 25.7 Å². The lowest BCUT2D eigenvalue weighted by Crippen LogP contribution is -2.44. The van der Waals surface area contributed by atoms with Crippen LogP contribution in [-0.4, -0.2) is 65.3 Å². The number of amides is 2. The van der Waals surface area contributed by atoms with Crippen LogP contribution < -0.4 is 0 Å². The molecule has 0 aromatic carbocycles. The number of hydrogen-bond donors (Lipinski definition) is 2. The first-order valence-electron chi connectivity index (χ1n) is 5.96. The predicted molar refractivity (Wildman–Crippen MR) is 68.4 cm³/mol. The van der Waals surface area contributed by atoms with E-state index in [2.05, 4.69) is 6.58 Å². The van der Waals surface area contributed by atoms with E-state index >= 15 is 0 Å². The van der Waals surface area contributed by atoms with Gasteiger partial charge < -0.3 is 20.0 Å². The molecule has 6 nitrogen and oxygen atoms in total. The molecule has 0 bridgehead atoms. The van der Waals surface area contributed by atoms with Crippen LogP contribution in [-0.2, 0) is 4.79 Å². The highest BCUT2D eigenvalue weighted by molar-refractivity contribution is 5.80. The maximum Gasteiger partial charge on any atom is 0.323 e. The van der Waals surface area contributed by atoms with Crippen molar-refractivity contribution in [2.75, 3.05) is 33.3 Å². The number of carboxylic acid groups (broad SMARTS) is 1. The maximum atomic E-state index is 11.9. The molecule has 0 aliphatic rings. The maximum absolute atomic E-state index is 11.9. The molecule has 6 heteroatoms. The van der Waals surface area contributed by atoms with E-state index in [0.717, 1.165) is 12.8 Å². The van der Waals surface area contributed by atoms with E-state index < -0.39 is 5.97 Å².